The van der Waals surface area contributed by atoms with E-state index in [0.29, 0.717) is 18.8 Å². The number of amides is 2. The van der Waals surface area contributed by atoms with Gasteiger partial charge in [0, 0.05) is 37.6 Å². The zero-order chi connectivity index (χ0) is 18.0. The fourth-order valence-electron chi connectivity index (χ4n) is 2.99. The van der Waals surface area contributed by atoms with Crippen molar-refractivity contribution in [3.63, 3.8) is 0 Å². The van der Waals surface area contributed by atoms with E-state index in [9.17, 15) is 9.18 Å². The van der Waals surface area contributed by atoms with Crippen LogP contribution in [0.2, 0.25) is 5.02 Å². The minimum atomic E-state index is -0.498. The highest BCUT2D eigenvalue weighted by Gasteiger charge is 2.22. The SMILES string of the molecule is Cc1ccc(C)c(N2CCN(C(=O)Nc3ccc(F)c(Cl)c3)CC2)c1. The Balaban J connectivity index is 1.60. The molecule has 2 amide bonds. The number of anilines is 2. The maximum absolute atomic E-state index is 13.2. The summed E-state index contributed by atoms with van der Waals surface area (Å²) in [7, 11) is 0. The lowest BCUT2D eigenvalue weighted by atomic mass is 10.1. The molecule has 6 heteroatoms. The number of hydrogen-bond donors (Lipinski definition) is 1. The minimum Gasteiger partial charge on any atom is -0.368 e. The molecule has 0 saturated carbocycles. The molecule has 1 heterocycles. The molecular formula is C19H21ClFN3O. The molecule has 0 aromatic heterocycles. The molecule has 2 aromatic carbocycles. The number of benzene rings is 2. The maximum atomic E-state index is 13.2. The van der Waals surface area contributed by atoms with Crippen molar-refractivity contribution >= 4 is 29.0 Å². The topological polar surface area (TPSA) is 35.6 Å². The van der Waals surface area contributed by atoms with Gasteiger partial charge < -0.3 is 15.1 Å². The molecule has 0 atom stereocenters. The fraction of sp³-hybridized carbons (Fsp3) is 0.316. The predicted molar refractivity (Wildman–Crippen MR) is 100 cm³/mol. The molecule has 0 radical (unpaired) electrons. The summed E-state index contributed by atoms with van der Waals surface area (Å²) < 4.78 is 13.2. The Morgan fingerprint density at radius 3 is 2.48 bits per heavy atom. The summed E-state index contributed by atoms with van der Waals surface area (Å²) in [4.78, 5) is 16.5. The zero-order valence-corrected chi connectivity index (χ0v) is 15.1. The van der Waals surface area contributed by atoms with Gasteiger partial charge in [0.15, 0.2) is 0 Å². The van der Waals surface area contributed by atoms with Gasteiger partial charge in [0.25, 0.3) is 0 Å². The first-order valence-corrected chi connectivity index (χ1v) is 8.65. The van der Waals surface area contributed by atoms with Crippen LogP contribution in [-0.4, -0.2) is 37.1 Å². The average molecular weight is 362 g/mol. The van der Waals surface area contributed by atoms with E-state index in [1.165, 1.54) is 35.0 Å². The number of halogens is 2. The molecule has 1 fully saturated rings. The molecule has 1 aliphatic rings. The monoisotopic (exact) mass is 361 g/mol. The number of nitrogens with zero attached hydrogens (tertiary/aromatic N) is 2. The molecule has 1 aliphatic heterocycles. The lowest BCUT2D eigenvalue weighted by molar-refractivity contribution is 0.208. The van der Waals surface area contributed by atoms with Gasteiger partial charge in [-0.1, -0.05) is 23.7 Å². The second kappa shape index (κ2) is 7.31. The number of urea groups is 1. The second-order valence-corrected chi connectivity index (χ2v) is 6.73. The fourth-order valence-corrected chi connectivity index (χ4v) is 3.17. The molecule has 1 N–H and O–H groups in total. The van der Waals surface area contributed by atoms with E-state index >= 15 is 0 Å². The van der Waals surface area contributed by atoms with Crippen LogP contribution in [0.4, 0.5) is 20.6 Å². The van der Waals surface area contributed by atoms with E-state index in [4.69, 9.17) is 11.6 Å². The highest BCUT2D eigenvalue weighted by Crippen LogP contribution is 2.23. The van der Waals surface area contributed by atoms with Gasteiger partial charge in [-0.2, -0.15) is 0 Å². The van der Waals surface area contributed by atoms with Crippen molar-refractivity contribution in [3.8, 4) is 0 Å². The van der Waals surface area contributed by atoms with E-state index in [2.05, 4.69) is 42.3 Å². The molecule has 4 nitrogen and oxygen atoms in total. The largest absolute Gasteiger partial charge is 0.368 e. The summed E-state index contributed by atoms with van der Waals surface area (Å²) in [5, 5.41) is 2.77. The van der Waals surface area contributed by atoms with Crippen molar-refractivity contribution in [2.24, 2.45) is 0 Å². The molecule has 0 spiro atoms. The van der Waals surface area contributed by atoms with E-state index in [1.54, 1.807) is 4.90 Å². The highest BCUT2D eigenvalue weighted by molar-refractivity contribution is 6.31. The van der Waals surface area contributed by atoms with Crippen LogP contribution >= 0.6 is 11.6 Å². The van der Waals surface area contributed by atoms with Gasteiger partial charge in [0.1, 0.15) is 5.82 Å². The molecule has 25 heavy (non-hydrogen) atoms. The van der Waals surface area contributed by atoms with E-state index in [0.717, 1.165) is 13.1 Å². The van der Waals surface area contributed by atoms with Gasteiger partial charge in [0.05, 0.1) is 5.02 Å². The van der Waals surface area contributed by atoms with E-state index in [-0.39, 0.29) is 11.1 Å². The number of nitrogens with one attached hydrogen (secondary N) is 1. The number of piperazine rings is 1. The van der Waals surface area contributed by atoms with Crippen molar-refractivity contribution in [3.05, 3.63) is 58.4 Å². The van der Waals surface area contributed by atoms with E-state index < -0.39 is 5.82 Å². The van der Waals surface area contributed by atoms with Crippen LogP contribution < -0.4 is 10.2 Å². The Morgan fingerprint density at radius 2 is 1.80 bits per heavy atom. The number of aryl methyl sites for hydroxylation is 2. The summed E-state index contributed by atoms with van der Waals surface area (Å²) in [6.07, 6.45) is 0. The summed E-state index contributed by atoms with van der Waals surface area (Å²) in [5.41, 5.74) is 4.19. The zero-order valence-electron chi connectivity index (χ0n) is 14.4. The Bertz CT molecular complexity index is 788. The third-order valence-corrected chi connectivity index (χ3v) is 4.73. The van der Waals surface area contributed by atoms with E-state index in [1.807, 2.05) is 0 Å². The van der Waals surface area contributed by atoms with Gasteiger partial charge in [-0.3, -0.25) is 0 Å². The molecule has 132 valence electrons. The Morgan fingerprint density at radius 1 is 1.08 bits per heavy atom. The summed E-state index contributed by atoms with van der Waals surface area (Å²) >= 11 is 5.75. The highest BCUT2D eigenvalue weighted by atomic mass is 35.5. The first kappa shape index (κ1) is 17.5. The van der Waals surface area contributed by atoms with Crippen molar-refractivity contribution in [1.29, 1.82) is 0 Å². The third kappa shape index (κ3) is 4.04. The standard InChI is InChI=1S/C19H21ClFN3O/c1-13-3-4-14(2)18(11-13)23-7-9-24(10-8-23)19(25)22-15-5-6-17(21)16(20)12-15/h3-6,11-12H,7-10H2,1-2H3,(H,22,25). The van der Waals surface area contributed by atoms with Crippen LogP contribution in [-0.2, 0) is 0 Å². The molecule has 0 bridgehead atoms. The average Bonchev–Trinajstić information content (AvgIpc) is 2.60. The quantitative estimate of drug-likeness (QED) is 0.857. The normalized spacial score (nSPS) is 14.6. The first-order valence-electron chi connectivity index (χ1n) is 8.27. The predicted octanol–water partition coefficient (Wildman–Crippen LogP) is 4.45. The molecule has 3 rings (SSSR count). The molecule has 0 aliphatic carbocycles. The van der Waals surface area contributed by atoms with Crippen LogP contribution in [0.5, 0.6) is 0 Å². The second-order valence-electron chi connectivity index (χ2n) is 6.32. The van der Waals surface area contributed by atoms with Gasteiger partial charge >= 0.3 is 6.03 Å². The summed E-state index contributed by atoms with van der Waals surface area (Å²) in [5.74, 6) is -0.498. The van der Waals surface area contributed by atoms with Gasteiger partial charge in [-0.05, 0) is 49.2 Å². The summed E-state index contributed by atoms with van der Waals surface area (Å²) in [6, 6.07) is 10.4. The Hall–Kier alpha value is -2.27. The molecule has 1 saturated heterocycles. The van der Waals surface area contributed by atoms with Crippen molar-refractivity contribution < 1.29 is 9.18 Å². The van der Waals surface area contributed by atoms with Crippen LogP contribution in [0.1, 0.15) is 11.1 Å². The Kier molecular flexibility index (Phi) is 5.13. The van der Waals surface area contributed by atoms with Crippen LogP contribution in [0.15, 0.2) is 36.4 Å². The van der Waals surface area contributed by atoms with Crippen LogP contribution in [0, 0.1) is 19.7 Å². The van der Waals surface area contributed by atoms with Crippen molar-refractivity contribution in [2.75, 3.05) is 36.4 Å². The first-order chi connectivity index (χ1) is 11.9. The molecule has 0 unspecified atom stereocenters. The maximum Gasteiger partial charge on any atom is 0.321 e. The van der Waals surface area contributed by atoms with Crippen molar-refractivity contribution in [1.82, 2.24) is 4.90 Å². The van der Waals surface area contributed by atoms with Gasteiger partial charge in [-0.25, -0.2) is 9.18 Å². The third-order valence-electron chi connectivity index (χ3n) is 4.44. The van der Waals surface area contributed by atoms with Crippen molar-refractivity contribution in [2.45, 2.75) is 13.8 Å². The number of carbonyl (C=O) groups excluding carboxylic acids is 1. The minimum absolute atomic E-state index is 0.00228. The van der Waals surface area contributed by atoms with Gasteiger partial charge in [0.2, 0.25) is 0 Å². The Labute approximate surface area is 152 Å². The smallest absolute Gasteiger partial charge is 0.321 e. The van der Waals surface area contributed by atoms with Crippen LogP contribution in [0.25, 0.3) is 0 Å². The number of rotatable bonds is 2. The van der Waals surface area contributed by atoms with Crippen LogP contribution in [0.3, 0.4) is 0 Å². The molecule has 2 aromatic rings. The number of carbonyl (C=O) groups is 1. The summed E-state index contributed by atoms with van der Waals surface area (Å²) in [6.45, 7) is 7.01. The lowest BCUT2D eigenvalue weighted by Gasteiger charge is -2.36. The lowest BCUT2D eigenvalue weighted by Crippen LogP contribution is -2.50. The number of hydrogen-bond acceptors (Lipinski definition) is 2. The van der Waals surface area contributed by atoms with Gasteiger partial charge in [-0.15, -0.1) is 0 Å². The molecular weight excluding hydrogens is 341 g/mol.